The first-order valence-electron chi connectivity index (χ1n) is 5.45. The van der Waals surface area contributed by atoms with Gasteiger partial charge in [-0.2, -0.15) is 5.26 Å². The van der Waals surface area contributed by atoms with Gasteiger partial charge in [0.15, 0.2) is 11.4 Å². The fourth-order valence-electron chi connectivity index (χ4n) is 1.30. The number of carbonyl (C=O) groups excluding carboxylic acids is 1. The lowest BCUT2D eigenvalue weighted by Gasteiger charge is -2.10. The van der Waals surface area contributed by atoms with Crippen LogP contribution < -0.4 is 15.4 Å². The molecule has 0 aliphatic carbocycles. The summed E-state index contributed by atoms with van der Waals surface area (Å²) in [6.45, 7) is 0. The van der Waals surface area contributed by atoms with Gasteiger partial charge in [0.2, 0.25) is 0 Å². The second kappa shape index (κ2) is 7.91. The number of amides is 1. The third kappa shape index (κ3) is 4.37. The molecule has 8 heteroatoms. The zero-order valence-corrected chi connectivity index (χ0v) is 12.1. The molecule has 0 fully saturated rings. The highest BCUT2D eigenvalue weighted by molar-refractivity contribution is 8.13. The summed E-state index contributed by atoms with van der Waals surface area (Å²) in [7, 11) is 2.76. The van der Waals surface area contributed by atoms with Gasteiger partial charge in [0.1, 0.15) is 5.75 Å². The molecule has 0 aliphatic heterocycles. The molecule has 0 spiro atoms. The molecule has 0 unspecified atom stereocenters. The van der Waals surface area contributed by atoms with E-state index in [4.69, 9.17) is 10.00 Å². The van der Waals surface area contributed by atoms with Crippen LogP contribution >= 0.6 is 11.8 Å². The summed E-state index contributed by atoms with van der Waals surface area (Å²) in [5.41, 5.74) is 1.06. The number of thioether (sulfide) groups is 1. The highest BCUT2D eigenvalue weighted by atomic mass is 32.2. The predicted molar refractivity (Wildman–Crippen MR) is 78.4 cm³/mol. The number of aliphatic imine (C=N–C) groups is 1. The largest absolute Gasteiger partial charge is 0.494 e. The van der Waals surface area contributed by atoms with Gasteiger partial charge in [-0.3, -0.25) is 10.6 Å². The number of methoxy groups -OCH3 is 2. The van der Waals surface area contributed by atoms with Crippen LogP contribution in [0.15, 0.2) is 23.2 Å². The Morgan fingerprint density at radius 1 is 1.45 bits per heavy atom. The fourth-order valence-corrected chi connectivity index (χ4v) is 1.65. The number of anilines is 1. The zero-order valence-electron chi connectivity index (χ0n) is 11.3. The first kappa shape index (κ1) is 15.7. The van der Waals surface area contributed by atoms with Crippen LogP contribution in [0.2, 0.25) is 0 Å². The maximum atomic E-state index is 11.2. The average Bonchev–Trinajstić information content (AvgIpc) is 2.47. The summed E-state index contributed by atoms with van der Waals surface area (Å²) in [4.78, 5) is 15.4. The van der Waals surface area contributed by atoms with Crippen molar-refractivity contribution in [2.24, 2.45) is 4.99 Å². The van der Waals surface area contributed by atoms with Crippen LogP contribution in [0.3, 0.4) is 0 Å². The van der Waals surface area contributed by atoms with Crippen molar-refractivity contribution in [2.75, 3.05) is 25.8 Å². The topological polar surface area (TPSA) is 95.7 Å². The van der Waals surface area contributed by atoms with E-state index in [-0.39, 0.29) is 0 Å². The molecule has 2 N–H and O–H groups in total. The van der Waals surface area contributed by atoms with Crippen molar-refractivity contribution in [3.63, 3.8) is 0 Å². The summed E-state index contributed by atoms with van der Waals surface area (Å²) in [6, 6.07) is 4.96. The summed E-state index contributed by atoms with van der Waals surface area (Å²) in [6.07, 6.45) is 3.02. The number of hydrogen-bond acceptors (Lipinski definition) is 6. The number of hydrogen-bond donors (Lipinski definition) is 2. The van der Waals surface area contributed by atoms with Gasteiger partial charge in [0.05, 0.1) is 25.6 Å². The number of nitrogens with zero attached hydrogens (tertiary/aromatic N) is 2. The lowest BCUT2D eigenvalue weighted by molar-refractivity contribution is 0.187. The van der Waals surface area contributed by atoms with E-state index >= 15 is 0 Å². The summed E-state index contributed by atoms with van der Waals surface area (Å²) >= 11 is 1.31. The van der Waals surface area contributed by atoms with Crippen LogP contribution in [0, 0.1) is 11.5 Å². The van der Waals surface area contributed by atoms with Crippen LogP contribution in [-0.4, -0.2) is 31.7 Å². The standard InChI is InChI=1S/C12H14N4O3S/c1-18-10-6-8(15-11(20-3)14-7-13)4-5-9(10)16-12(17)19-2/h4-6H,1-3H3,(H,14,15)(H,16,17). The van der Waals surface area contributed by atoms with Crippen molar-refractivity contribution < 1.29 is 14.3 Å². The van der Waals surface area contributed by atoms with E-state index in [9.17, 15) is 4.79 Å². The smallest absolute Gasteiger partial charge is 0.411 e. The van der Waals surface area contributed by atoms with Crippen molar-refractivity contribution in [3.8, 4) is 11.9 Å². The highest BCUT2D eigenvalue weighted by Gasteiger charge is 2.08. The minimum absolute atomic E-state index is 0.439. The van der Waals surface area contributed by atoms with Crippen LogP contribution in [-0.2, 0) is 4.74 Å². The second-order valence-corrected chi connectivity index (χ2v) is 4.15. The number of benzene rings is 1. The van der Waals surface area contributed by atoms with Crippen molar-refractivity contribution in [1.82, 2.24) is 5.32 Å². The molecule has 0 atom stereocenters. The molecule has 1 aromatic rings. The molecule has 1 amide bonds. The maximum Gasteiger partial charge on any atom is 0.411 e. The molecular weight excluding hydrogens is 280 g/mol. The third-order valence-electron chi connectivity index (χ3n) is 2.19. The normalized spacial score (nSPS) is 10.4. The monoisotopic (exact) mass is 294 g/mol. The molecule has 106 valence electrons. The second-order valence-electron chi connectivity index (χ2n) is 3.36. The molecule has 0 heterocycles. The fraction of sp³-hybridized carbons (Fsp3) is 0.250. The first-order chi connectivity index (χ1) is 9.64. The number of nitrogens with one attached hydrogen (secondary N) is 2. The Morgan fingerprint density at radius 2 is 2.20 bits per heavy atom. The minimum atomic E-state index is -0.587. The molecule has 1 rings (SSSR count). The average molecular weight is 294 g/mol. The third-order valence-corrected chi connectivity index (χ3v) is 2.77. The summed E-state index contributed by atoms with van der Waals surface area (Å²) in [5, 5.41) is 14.0. The van der Waals surface area contributed by atoms with Crippen LogP contribution in [0.4, 0.5) is 16.2 Å². The molecule has 0 saturated carbocycles. The molecule has 0 bridgehead atoms. The lowest BCUT2D eigenvalue weighted by Crippen LogP contribution is -2.12. The summed E-state index contributed by atoms with van der Waals surface area (Å²) < 4.78 is 9.69. The van der Waals surface area contributed by atoms with Gasteiger partial charge in [-0.25, -0.2) is 9.79 Å². The molecule has 0 saturated heterocycles. The van der Waals surface area contributed by atoms with E-state index in [2.05, 4.69) is 20.4 Å². The Balaban J connectivity index is 3.03. The molecule has 1 aromatic carbocycles. The molecule has 0 radical (unpaired) electrons. The van der Waals surface area contributed by atoms with E-state index < -0.39 is 6.09 Å². The Bertz CT molecular complexity index is 554. The number of nitriles is 1. The molecular formula is C12H14N4O3S. The number of carbonyl (C=O) groups is 1. The molecule has 0 aliphatic rings. The van der Waals surface area contributed by atoms with Gasteiger partial charge in [-0.15, -0.1) is 0 Å². The van der Waals surface area contributed by atoms with Crippen LogP contribution in [0.5, 0.6) is 5.75 Å². The SMILES string of the molecule is COC(=O)Nc1ccc(N=C(NC#N)SC)cc1OC. The summed E-state index contributed by atoms with van der Waals surface area (Å²) in [5.74, 6) is 0.439. The predicted octanol–water partition coefficient (Wildman–Crippen LogP) is 2.29. The van der Waals surface area contributed by atoms with E-state index in [0.717, 1.165) is 0 Å². The van der Waals surface area contributed by atoms with E-state index in [0.29, 0.717) is 22.3 Å². The van der Waals surface area contributed by atoms with Crippen LogP contribution in [0.25, 0.3) is 0 Å². The zero-order chi connectivity index (χ0) is 15.0. The van der Waals surface area contributed by atoms with Crippen LogP contribution in [0.1, 0.15) is 0 Å². The number of amidine groups is 1. The number of rotatable bonds is 3. The van der Waals surface area contributed by atoms with E-state index in [1.165, 1.54) is 26.0 Å². The molecule has 20 heavy (non-hydrogen) atoms. The Kier molecular flexibility index (Phi) is 6.19. The Hall–Kier alpha value is -2.40. The van der Waals surface area contributed by atoms with Gasteiger partial charge in [0.25, 0.3) is 0 Å². The van der Waals surface area contributed by atoms with Gasteiger partial charge in [-0.05, 0) is 18.4 Å². The van der Waals surface area contributed by atoms with E-state index in [1.54, 1.807) is 30.6 Å². The lowest BCUT2D eigenvalue weighted by atomic mass is 10.2. The molecule has 7 nitrogen and oxygen atoms in total. The highest BCUT2D eigenvalue weighted by Crippen LogP contribution is 2.29. The Labute approximate surface area is 121 Å². The van der Waals surface area contributed by atoms with Gasteiger partial charge in [0, 0.05) is 6.07 Å². The van der Waals surface area contributed by atoms with Crippen molar-refractivity contribution in [2.45, 2.75) is 0 Å². The van der Waals surface area contributed by atoms with Crippen molar-refractivity contribution in [3.05, 3.63) is 18.2 Å². The quantitative estimate of drug-likeness (QED) is 0.384. The first-order valence-corrected chi connectivity index (χ1v) is 6.67. The maximum absolute atomic E-state index is 11.2. The van der Waals surface area contributed by atoms with E-state index in [1.807, 2.05) is 0 Å². The number of ether oxygens (including phenoxy) is 2. The van der Waals surface area contributed by atoms with Gasteiger partial charge < -0.3 is 9.47 Å². The van der Waals surface area contributed by atoms with Gasteiger partial charge in [-0.1, -0.05) is 11.8 Å². The molecule has 0 aromatic heterocycles. The van der Waals surface area contributed by atoms with Crippen molar-refractivity contribution in [1.29, 1.82) is 5.26 Å². The van der Waals surface area contributed by atoms with Gasteiger partial charge >= 0.3 is 6.09 Å². The Morgan fingerprint density at radius 3 is 2.75 bits per heavy atom. The van der Waals surface area contributed by atoms with Crippen molar-refractivity contribution >= 4 is 34.4 Å². The minimum Gasteiger partial charge on any atom is -0.494 e.